The second-order valence-corrected chi connectivity index (χ2v) is 9.56. The van der Waals surface area contributed by atoms with Crippen molar-refractivity contribution in [3.8, 4) is 5.75 Å². The van der Waals surface area contributed by atoms with E-state index in [1.165, 1.54) is 12.1 Å². The van der Waals surface area contributed by atoms with Gasteiger partial charge in [-0.15, -0.1) is 0 Å². The summed E-state index contributed by atoms with van der Waals surface area (Å²) in [6, 6.07) is 12.4. The summed E-state index contributed by atoms with van der Waals surface area (Å²) in [6.07, 6.45) is 1.07. The first kappa shape index (κ1) is 20.9. The molecule has 0 fully saturated rings. The van der Waals surface area contributed by atoms with Crippen molar-refractivity contribution in [2.75, 3.05) is 0 Å². The fraction of sp³-hybridized carbons (Fsp3) is 0.455. The zero-order chi connectivity index (χ0) is 19.4. The predicted molar refractivity (Wildman–Crippen MR) is 110 cm³/mol. The van der Waals surface area contributed by atoms with Crippen LogP contribution in [0, 0.1) is 11.2 Å². The molecule has 0 spiro atoms. The highest BCUT2D eigenvalue weighted by atomic mass is 79.9. The van der Waals surface area contributed by atoms with Crippen LogP contribution < -0.4 is 10.1 Å². The molecule has 0 saturated carbocycles. The van der Waals surface area contributed by atoms with E-state index in [-0.39, 0.29) is 16.8 Å². The fourth-order valence-corrected chi connectivity index (χ4v) is 3.70. The van der Waals surface area contributed by atoms with E-state index < -0.39 is 0 Å². The van der Waals surface area contributed by atoms with Crippen LogP contribution in [0.25, 0.3) is 0 Å². The number of nitrogens with one attached hydrogen (secondary N) is 1. The Labute approximate surface area is 165 Å². The molecule has 0 heterocycles. The summed E-state index contributed by atoms with van der Waals surface area (Å²) in [5, 5.41) is 3.65. The zero-order valence-corrected chi connectivity index (χ0v) is 17.9. The molecule has 0 aliphatic rings. The molecule has 1 N–H and O–H groups in total. The molecule has 0 aromatic heterocycles. The summed E-state index contributed by atoms with van der Waals surface area (Å²) in [5.74, 6) is 0.611. The number of rotatable bonds is 7. The molecule has 2 aromatic carbocycles. The Bertz CT molecular complexity index is 720. The van der Waals surface area contributed by atoms with Crippen LogP contribution >= 0.6 is 15.9 Å². The molecule has 0 saturated heterocycles. The second-order valence-electron chi connectivity index (χ2n) is 8.64. The first-order valence-electron chi connectivity index (χ1n) is 8.95. The van der Waals surface area contributed by atoms with Crippen molar-refractivity contribution in [2.24, 2.45) is 5.41 Å². The summed E-state index contributed by atoms with van der Waals surface area (Å²) in [5.41, 5.74) is 2.33. The molecule has 0 aliphatic heterocycles. The standard InChI is InChI=1S/C22H29BrFNO/c1-21(2,3)15-22(4,5)25-13-17-12-18(23)8-11-20(17)26-14-16-6-9-19(24)10-7-16/h6-12,25H,13-15H2,1-5H3. The Hall–Kier alpha value is -1.39. The van der Waals surface area contributed by atoms with Gasteiger partial charge in [-0.2, -0.15) is 0 Å². The van der Waals surface area contributed by atoms with Gasteiger partial charge in [0.1, 0.15) is 18.2 Å². The zero-order valence-electron chi connectivity index (χ0n) is 16.3. The van der Waals surface area contributed by atoms with Crippen LogP contribution in [0.1, 0.15) is 52.2 Å². The van der Waals surface area contributed by atoms with E-state index in [0.717, 1.165) is 34.3 Å². The summed E-state index contributed by atoms with van der Waals surface area (Å²) < 4.78 is 20.1. The van der Waals surface area contributed by atoms with Crippen LogP contribution in [-0.4, -0.2) is 5.54 Å². The van der Waals surface area contributed by atoms with Crippen molar-refractivity contribution in [3.05, 3.63) is 63.9 Å². The van der Waals surface area contributed by atoms with E-state index >= 15 is 0 Å². The minimum Gasteiger partial charge on any atom is -0.489 e. The summed E-state index contributed by atoms with van der Waals surface area (Å²) in [4.78, 5) is 0. The number of benzene rings is 2. The lowest BCUT2D eigenvalue weighted by Crippen LogP contribution is -2.41. The molecule has 0 atom stereocenters. The Morgan fingerprint density at radius 1 is 1.00 bits per heavy atom. The highest BCUT2D eigenvalue weighted by Crippen LogP contribution is 2.29. The monoisotopic (exact) mass is 421 g/mol. The highest BCUT2D eigenvalue weighted by molar-refractivity contribution is 9.10. The van der Waals surface area contributed by atoms with Gasteiger partial charge in [-0.1, -0.05) is 48.8 Å². The van der Waals surface area contributed by atoms with E-state index in [2.05, 4.69) is 61.9 Å². The van der Waals surface area contributed by atoms with Gasteiger partial charge in [0, 0.05) is 22.1 Å². The van der Waals surface area contributed by atoms with Gasteiger partial charge in [0.25, 0.3) is 0 Å². The third-order valence-electron chi connectivity index (χ3n) is 4.06. The van der Waals surface area contributed by atoms with Crippen LogP contribution in [0.3, 0.4) is 0 Å². The predicted octanol–water partition coefficient (Wildman–Crippen LogP) is 6.47. The first-order chi connectivity index (χ1) is 12.0. The number of hydrogen-bond donors (Lipinski definition) is 1. The van der Waals surface area contributed by atoms with E-state index in [1.54, 1.807) is 12.1 Å². The van der Waals surface area contributed by atoms with Crippen molar-refractivity contribution in [2.45, 2.75) is 59.7 Å². The lowest BCUT2D eigenvalue weighted by atomic mass is 9.82. The molecule has 0 unspecified atom stereocenters. The van der Waals surface area contributed by atoms with E-state index in [4.69, 9.17) is 4.74 Å². The minimum atomic E-state index is -0.233. The molecule has 0 amide bonds. The maximum absolute atomic E-state index is 13.0. The van der Waals surface area contributed by atoms with Gasteiger partial charge in [0.2, 0.25) is 0 Å². The Balaban J connectivity index is 2.05. The van der Waals surface area contributed by atoms with Crippen LogP contribution in [0.5, 0.6) is 5.75 Å². The van der Waals surface area contributed by atoms with Crippen LogP contribution in [-0.2, 0) is 13.2 Å². The van der Waals surface area contributed by atoms with Gasteiger partial charge >= 0.3 is 0 Å². The van der Waals surface area contributed by atoms with Crippen LogP contribution in [0.15, 0.2) is 46.9 Å². The van der Waals surface area contributed by atoms with Crippen LogP contribution in [0.2, 0.25) is 0 Å². The summed E-state index contributed by atoms with van der Waals surface area (Å²) in [7, 11) is 0. The lowest BCUT2D eigenvalue weighted by Gasteiger charge is -2.33. The van der Waals surface area contributed by atoms with Gasteiger partial charge < -0.3 is 10.1 Å². The number of hydrogen-bond acceptors (Lipinski definition) is 2. The summed E-state index contributed by atoms with van der Waals surface area (Å²) in [6.45, 7) is 12.4. The quantitative estimate of drug-likeness (QED) is 0.552. The van der Waals surface area contributed by atoms with E-state index in [0.29, 0.717) is 6.61 Å². The number of halogens is 2. The largest absolute Gasteiger partial charge is 0.489 e. The van der Waals surface area contributed by atoms with Gasteiger partial charge in [0.15, 0.2) is 0 Å². The highest BCUT2D eigenvalue weighted by Gasteiger charge is 2.25. The molecular weight excluding hydrogens is 393 g/mol. The molecule has 0 aliphatic carbocycles. The van der Waals surface area contributed by atoms with Gasteiger partial charge in [0.05, 0.1) is 0 Å². The Kier molecular flexibility index (Phi) is 6.86. The molecule has 4 heteroatoms. The van der Waals surface area contributed by atoms with Crippen molar-refractivity contribution in [3.63, 3.8) is 0 Å². The minimum absolute atomic E-state index is 0.0226. The average molecular weight is 422 g/mol. The molecule has 142 valence electrons. The fourth-order valence-electron chi connectivity index (χ4n) is 3.29. The van der Waals surface area contributed by atoms with Crippen molar-refractivity contribution in [1.82, 2.24) is 5.32 Å². The maximum atomic E-state index is 13.0. The second kappa shape index (κ2) is 8.53. The smallest absolute Gasteiger partial charge is 0.124 e. The third-order valence-corrected chi connectivity index (χ3v) is 4.55. The lowest BCUT2D eigenvalue weighted by molar-refractivity contribution is 0.238. The number of ether oxygens (including phenoxy) is 1. The average Bonchev–Trinajstić information content (AvgIpc) is 2.51. The van der Waals surface area contributed by atoms with Crippen LogP contribution in [0.4, 0.5) is 4.39 Å². The maximum Gasteiger partial charge on any atom is 0.124 e. The molecule has 0 radical (unpaired) electrons. The van der Waals surface area contributed by atoms with Crippen molar-refractivity contribution in [1.29, 1.82) is 0 Å². The van der Waals surface area contributed by atoms with E-state index in [9.17, 15) is 4.39 Å². The Morgan fingerprint density at radius 2 is 1.65 bits per heavy atom. The van der Waals surface area contributed by atoms with Gasteiger partial charge in [-0.05, 0) is 61.6 Å². The van der Waals surface area contributed by atoms with Gasteiger partial charge in [-0.25, -0.2) is 4.39 Å². The van der Waals surface area contributed by atoms with Crippen molar-refractivity contribution < 1.29 is 9.13 Å². The molecule has 0 bridgehead atoms. The molecule has 2 nitrogen and oxygen atoms in total. The molecule has 2 aromatic rings. The van der Waals surface area contributed by atoms with Gasteiger partial charge in [-0.3, -0.25) is 0 Å². The molecular formula is C22H29BrFNO. The molecule has 26 heavy (non-hydrogen) atoms. The molecule has 2 rings (SSSR count). The third kappa shape index (κ3) is 7.08. The normalized spacial score (nSPS) is 12.3. The topological polar surface area (TPSA) is 21.3 Å². The Morgan fingerprint density at radius 3 is 2.27 bits per heavy atom. The summed E-state index contributed by atoms with van der Waals surface area (Å²) >= 11 is 3.54. The van der Waals surface area contributed by atoms with E-state index in [1.807, 2.05) is 12.1 Å². The SMILES string of the molecule is CC(C)(C)CC(C)(C)NCc1cc(Br)ccc1OCc1ccc(F)cc1. The first-order valence-corrected chi connectivity index (χ1v) is 9.74. The van der Waals surface area contributed by atoms with Crippen molar-refractivity contribution >= 4 is 15.9 Å².